The fourth-order valence-corrected chi connectivity index (χ4v) is 4.44. The largest absolute Gasteiger partial charge is 0.497 e. The van der Waals surface area contributed by atoms with Crippen molar-refractivity contribution >= 4 is 15.7 Å². The standard InChI is InChI=1S/C21H25NO5S/c1-26-17-10-11-20(27-2)18(13-17)19-5-4-12-22(19)21(23)16-8-6-15(7-9-16)14-28(3,24)25/h6-11,13,19H,4-5,12,14H2,1-3H3. The second-order valence-electron chi connectivity index (χ2n) is 7.03. The highest BCUT2D eigenvalue weighted by Gasteiger charge is 2.32. The molecule has 0 aromatic heterocycles. The van der Waals surface area contributed by atoms with E-state index in [1.54, 1.807) is 38.5 Å². The van der Waals surface area contributed by atoms with Crippen LogP contribution in [0, 0.1) is 0 Å². The lowest BCUT2D eigenvalue weighted by Crippen LogP contribution is -2.30. The van der Waals surface area contributed by atoms with E-state index in [0.717, 1.165) is 29.9 Å². The van der Waals surface area contributed by atoms with E-state index < -0.39 is 9.84 Å². The minimum atomic E-state index is -3.11. The van der Waals surface area contributed by atoms with Crippen LogP contribution in [0.2, 0.25) is 0 Å². The molecule has 1 amide bonds. The average molecular weight is 404 g/mol. The molecule has 1 unspecified atom stereocenters. The van der Waals surface area contributed by atoms with Crippen LogP contribution in [0.5, 0.6) is 11.5 Å². The number of carbonyl (C=O) groups excluding carboxylic acids is 1. The summed E-state index contributed by atoms with van der Waals surface area (Å²) in [6.07, 6.45) is 2.95. The molecule has 3 rings (SSSR count). The number of amides is 1. The van der Waals surface area contributed by atoms with Crippen LogP contribution in [0.3, 0.4) is 0 Å². The van der Waals surface area contributed by atoms with Gasteiger partial charge in [-0.2, -0.15) is 0 Å². The topological polar surface area (TPSA) is 72.9 Å². The van der Waals surface area contributed by atoms with Gasteiger partial charge >= 0.3 is 0 Å². The average Bonchev–Trinajstić information content (AvgIpc) is 3.16. The van der Waals surface area contributed by atoms with Crippen LogP contribution in [0.4, 0.5) is 0 Å². The van der Waals surface area contributed by atoms with Crippen molar-refractivity contribution in [3.05, 3.63) is 59.2 Å². The van der Waals surface area contributed by atoms with Gasteiger partial charge in [0.05, 0.1) is 26.0 Å². The Hall–Kier alpha value is -2.54. The number of sulfone groups is 1. The molecule has 0 spiro atoms. The Balaban J connectivity index is 1.86. The number of ether oxygens (including phenoxy) is 2. The van der Waals surface area contributed by atoms with Crippen LogP contribution >= 0.6 is 0 Å². The molecule has 2 aromatic rings. The zero-order valence-corrected chi connectivity index (χ0v) is 17.2. The normalized spacial score (nSPS) is 16.8. The number of rotatable bonds is 6. The van der Waals surface area contributed by atoms with Crippen molar-refractivity contribution < 1.29 is 22.7 Å². The second-order valence-corrected chi connectivity index (χ2v) is 9.17. The van der Waals surface area contributed by atoms with Crippen molar-refractivity contribution in [2.24, 2.45) is 0 Å². The molecule has 1 atom stereocenters. The first-order chi connectivity index (χ1) is 13.3. The van der Waals surface area contributed by atoms with Crippen LogP contribution in [0.15, 0.2) is 42.5 Å². The number of likely N-dealkylation sites (tertiary alicyclic amines) is 1. The number of hydrogen-bond acceptors (Lipinski definition) is 5. The summed E-state index contributed by atoms with van der Waals surface area (Å²) in [5.41, 5.74) is 2.15. The van der Waals surface area contributed by atoms with Gasteiger partial charge in [0.2, 0.25) is 0 Å². The molecule has 6 nitrogen and oxygen atoms in total. The Labute approximate surface area is 166 Å². The van der Waals surface area contributed by atoms with Gasteiger partial charge in [-0.15, -0.1) is 0 Å². The third-order valence-corrected chi connectivity index (χ3v) is 5.80. The third kappa shape index (κ3) is 4.47. The van der Waals surface area contributed by atoms with Gasteiger partial charge in [0.15, 0.2) is 9.84 Å². The zero-order chi connectivity index (χ0) is 20.3. The maximum Gasteiger partial charge on any atom is 0.254 e. The molecular weight excluding hydrogens is 378 g/mol. The molecule has 0 aliphatic carbocycles. The number of hydrogen-bond donors (Lipinski definition) is 0. The van der Waals surface area contributed by atoms with E-state index in [-0.39, 0.29) is 17.7 Å². The summed E-state index contributed by atoms with van der Waals surface area (Å²) in [7, 11) is 0.124. The van der Waals surface area contributed by atoms with Gasteiger partial charge in [0, 0.05) is 23.9 Å². The van der Waals surface area contributed by atoms with E-state index in [1.165, 1.54) is 6.26 Å². The van der Waals surface area contributed by atoms with Crippen LogP contribution in [-0.4, -0.2) is 46.2 Å². The molecule has 0 saturated carbocycles. The Morgan fingerprint density at radius 1 is 1.11 bits per heavy atom. The summed E-state index contributed by atoms with van der Waals surface area (Å²) in [4.78, 5) is 15.0. The number of carbonyl (C=O) groups is 1. The predicted molar refractivity (Wildman–Crippen MR) is 108 cm³/mol. The fraction of sp³-hybridized carbons (Fsp3) is 0.381. The van der Waals surface area contributed by atoms with Gasteiger partial charge in [-0.25, -0.2) is 8.42 Å². The lowest BCUT2D eigenvalue weighted by molar-refractivity contribution is 0.0734. The molecule has 0 N–H and O–H groups in total. The first-order valence-electron chi connectivity index (χ1n) is 9.12. The van der Waals surface area contributed by atoms with Crippen LogP contribution in [0.1, 0.15) is 40.4 Å². The molecular formula is C21H25NO5S. The highest BCUT2D eigenvalue weighted by atomic mass is 32.2. The summed E-state index contributed by atoms with van der Waals surface area (Å²) in [5.74, 6) is 1.35. The number of nitrogens with zero attached hydrogens (tertiary/aromatic N) is 1. The molecule has 2 aromatic carbocycles. The summed E-state index contributed by atoms with van der Waals surface area (Å²) in [5, 5.41) is 0. The van der Waals surface area contributed by atoms with Crippen molar-refractivity contribution in [1.29, 1.82) is 0 Å². The fourth-order valence-electron chi connectivity index (χ4n) is 3.65. The van der Waals surface area contributed by atoms with Crippen molar-refractivity contribution in [3.8, 4) is 11.5 Å². The molecule has 1 heterocycles. The van der Waals surface area contributed by atoms with Gasteiger partial charge in [-0.3, -0.25) is 4.79 Å². The van der Waals surface area contributed by atoms with E-state index >= 15 is 0 Å². The molecule has 150 valence electrons. The highest BCUT2D eigenvalue weighted by molar-refractivity contribution is 7.89. The lowest BCUT2D eigenvalue weighted by Gasteiger charge is -2.27. The van der Waals surface area contributed by atoms with E-state index in [9.17, 15) is 13.2 Å². The smallest absolute Gasteiger partial charge is 0.254 e. The van der Waals surface area contributed by atoms with E-state index in [1.807, 2.05) is 23.1 Å². The van der Waals surface area contributed by atoms with Gasteiger partial charge in [0.25, 0.3) is 5.91 Å². The molecule has 0 radical (unpaired) electrons. The van der Waals surface area contributed by atoms with Crippen molar-refractivity contribution in [1.82, 2.24) is 4.90 Å². The quantitative estimate of drug-likeness (QED) is 0.740. The first-order valence-corrected chi connectivity index (χ1v) is 11.2. The Kier molecular flexibility index (Phi) is 5.93. The Bertz CT molecular complexity index is 953. The predicted octanol–water partition coefficient (Wildman–Crippen LogP) is 3.23. The molecule has 28 heavy (non-hydrogen) atoms. The molecule has 7 heteroatoms. The monoisotopic (exact) mass is 403 g/mol. The maximum atomic E-state index is 13.1. The van der Waals surface area contributed by atoms with Crippen molar-refractivity contribution in [2.45, 2.75) is 24.6 Å². The first kappa shape index (κ1) is 20.2. The number of benzene rings is 2. The molecule has 1 aliphatic heterocycles. The van der Waals surface area contributed by atoms with E-state index in [4.69, 9.17) is 9.47 Å². The highest BCUT2D eigenvalue weighted by Crippen LogP contribution is 2.39. The number of methoxy groups -OCH3 is 2. The molecule has 1 saturated heterocycles. The Morgan fingerprint density at radius 3 is 2.43 bits per heavy atom. The van der Waals surface area contributed by atoms with Crippen molar-refractivity contribution in [3.63, 3.8) is 0 Å². The van der Waals surface area contributed by atoms with Crippen molar-refractivity contribution in [2.75, 3.05) is 27.0 Å². The second kappa shape index (κ2) is 8.22. The molecule has 1 fully saturated rings. The summed E-state index contributed by atoms with van der Waals surface area (Å²) in [6.45, 7) is 0.662. The third-order valence-electron chi connectivity index (χ3n) is 4.94. The van der Waals surface area contributed by atoms with Gasteiger partial charge < -0.3 is 14.4 Å². The van der Waals surface area contributed by atoms with E-state index in [2.05, 4.69) is 0 Å². The summed E-state index contributed by atoms with van der Waals surface area (Å²) >= 11 is 0. The van der Waals surface area contributed by atoms with E-state index in [0.29, 0.717) is 17.7 Å². The minimum absolute atomic E-state index is 0.0329. The van der Waals surface area contributed by atoms with Crippen LogP contribution in [0.25, 0.3) is 0 Å². The van der Waals surface area contributed by atoms with Gasteiger partial charge in [-0.05, 0) is 48.7 Å². The molecule has 0 bridgehead atoms. The van der Waals surface area contributed by atoms with Crippen LogP contribution in [-0.2, 0) is 15.6 Å². The summed E-state index contributed by atoms with van der Waals surface area (Å²) in [6, 6.07) is 12.3. The molecule has 1 aliphatic rings. The minimum Gasteiger partial charge on any atom is -0.497 e. The Morgan fingerprint density at radius 2 is 1.82 bits per heavy atom. The van der Waals surface area contributed by atoms with Gasteiger partial charge in [-0.1, -0.05) is 12.1 Å². The lowest BCUT2D eigenvalue weighted by atomic mass is 10.0. The SMILES string of the molecule is COc1ccc(OC)c(C2CCCN2C(=O)c2ccc(CS(C)(=O)=O)cc2)c1. The zero-order valence-electron chi connectivity index (χ0n) is 16.3. The summed E-state index contributed by atoms with van der Waals surface area (Å²) < 4.78 is 33.7. The maximum absolute atomic E-state index is 13.1. The van der Waals surface area contributed by atoms with Crippen LogP contribution < -0.4 is 9.47 Å². The van der Waals surface area contributed by atoms with Gasteiger partial charge in [0.1, 0.15) is 11.5 Å².